The van der Waals surface area contributed by atoms with Crippen LogP contribution in [-0.4, -0.2) is 18.6 Å². The molecule has 0 spiro atoms. The van der Waals surface area contributed by atoms with Gasteiger partial charge in [0, 0.05) is 18.6 Å². The number of alkyl halides is 1. The van der Waals surface area contributed by atoms with E-state index in [0.29, 0.717) is 5.38 Å². The Morgan fingerprint density at radius 3 is 2.77 bits per heavy atom. The van der Waals surface area contributed by atoms with Crippen LogP contribution in [-0.2, 0) is 4.74 Å². The van der Waals surface area contributed by atoms with Crippen LogP contribution < -0.4 is 0 Å². The molecule has 0 saturated heterocycles. The number of ether oxygens (including phenoxy) is 1. The molecular weight excluding hydrogens is 184 g/mol. The molecule has 1 nitrogen and oxygen atoms in total. The molecule has 1 saturated carbocycles. The molecule has 0 heterocycles. The van der Waals surface area contributed by atoms with Crippen molar-refractivity contribution in [3.05, 3.63) is 0 Å². The van der Waals surface area contributed by atoms with Crippen molar-refractivity contribution < 1.29 is 4.74 Å². The van der Waals surface area contributed by atoms with Crippen LogP contribution in [0.5, 0.6) is 0 Å². The van der Waals surface area contributed by atoms with Gasteiger partial charge in [-0.25, -0.2) is 0 Å². The lowest BCUT2D eigenvalue weighted by molar-refractivity contribution is 0.118. The molecule has 2 atom stereocenters. The molecule has 0 aromatic rings. The minimum absolute atomic E-state index is 0.426. The van der Waals surface area contributed by atoms with Gasteiger partial charge in [0.1, 0.15) is 0 Å². The van der Waals surface area contributed by atoms with E-state index in [1.807, 2.05) is 0 Å². The Morgan fingerprint density at radius 1 is 1.31 bits per heavy atom. The maximum Gasteiger partial charge on any atom is 0.0469 e. The van der Waals surface area contributed by atoms with E-state index < -0.39 is 0 Å². The summed E-state index contributed by atoms with van der Waals surface area (Å²) in [5, 5.41) is 0.426. The van der Waals surface area contributed by atoms with Crippen LogP contribution >= 0.6 is 11.6 Å². The highest BCUT2D eigenvalue weighted by Gasteiger charge is 2.24. The Morgan fingerprint density at radius 2 is 2.15 bits per heavy atom. The van der Waals surface area contributed by atoms with E-state index in [1.54, 1.807) is 0 Å². The fourth-order valence-electron chi connectivity index (χ4n) is 1.90. The minimum atomic E-state index is 0.426. The average molecular weight is 205 g/mol. The first-order valence-electron chi connectivity index (χ1n) is 5.56. The summed E-state index contributed by atoms with van der Waals surface area (Å²) in [6, 6.07) is 0. The number of rotatable bonds is 6. The fourth-order valence-corrected chi connectivity index (χ4v) is 2.31. The highest BCUT2D eigenvalue weighted by atomic mass is 35.5. The molecule has 1 rings (SSSR count). The van der Waals surface area contributed by atoms with E-state index in [0.717, 1.165) is 25.6 Å². The van der Waals surface area contributed by atoms with E-state index in [4.69, 9.17) is 16.3 Å². The normalized spacial score (nSPS) is 28.2. The summed E-state index contributed by atoms with van der Waals surface area (Å²) in [5.41, 5.74) is 0. The standard InChI is InChI=1S/C11H21ClO/c1-2-3-8-13-9-7-10-5-4-6-11(10)12/h10-11H,2-9H2,1H3. The van der Waals surface area contributed by atoms with Crippen LogP contribution in [0.1, 0.15) is 45.4 Å². The first-order chi connectivity index (χ1) is 6.34. The smallest absolute Gasteiger partial charge is 0.0469 e. The monoisotopic (exact) mass is 204 g/mol. The fraction of sp³-hybridized carbons (Fsp3) is 1.00. The van der Waals surface area contributed by atoms with Gasteiger partial charge in [-0.3, -0.25) is 0 Å². The predicted molar refractivity (Wildman–Crippen MR) is 57.3 cm³/mol. The zero-order valence-electron chi connectivity index (χ0n) is 8.60. The zero-order chi connectivity index (χ0) is 9.52. The molecule has 0 N–H and O–H groups in total. The van der Waals surface area contributed by atoms with Crippen molar-refractivity contribution in [1.29, 1.82) is 0 Å². The van der Waals surface area contributed by atoms with Crippen molar-refractivity contribution in [3.63, 3.8) is 0 Å². The summed E-state index contributed by atoms with van der Waals surface area (Å²) < 4.78 is 5.53. The largest absolute Gasteiger partial charge is 0.381 e. The number of hydrogen-bond acceptors (Lipinski definition) is 1. The van der Waals surface area contributed by atoms with Crippen molar-refractivity contribution in [2.24, 2.45) is 5.92 Å². The average Bonchev–Trinajstić information content (AvgIpc) is 2.52. The van der Waals surface area contributed by atoms with Gasteiger partial charge in [0.05, 0.1) is 0 Å². The molecule has 0 amide bonds. The molecule has 2 heteroatoms. The van der Waals surface area contributed by atoms with Crippen molar-refractivity contribution in [2.75, 3.05) is 13.2 Å². The van der Waals surface area contributed by atoms with Gasteiger partial charge in [-0.05, 0) is 31.6 Å². The Kier molecular flexibility index (Phi) is 5.81. The molecular formula is C11H21ClO. The lowest BCUT2D eigenvalue weighted by Gasteiger charge is -2.13. The van der Waals surface area contributed by atoms with Crippen molar-refractivity contribution in [2.45, 2.75) is 50.8 Å². The molecule has 78 valence electrons. The molecule has 0 aromatic carbocycles. The lowest BCUT2D eigenvalue weighted by atomic mass is 10.0. The summed E-state index contributed by atoms with van der Waals surface area (Å²) in [4.78, 5) is 0. The molecule has 0 radical (unpaired) electrons. The Labute approximate surface area is 86.8 Å². The van der Waals surface area contributed by atoms with E-state index in [-0.39, 0.29) is 0 Å². The van der Waals surface area contributed by atoms with Gasteiger partial charge in [0.2, 0.25) is 0 Å². The third-order valence-electron chi connectivity index (χ3n) is 2.84. The molecule has 1 aliphatic carbocycles. The van der Waals surface area contributed by atoms with Gasteiger partial charge in [0.25, 0.3) is 0 Å². The minimum Gasteiger partial charge on any atom is -0.381 e. The maximum atomic E-state index is 6.16. The topological polar surface area (TPSA) is 9.23 Å². The van der Waals surface area contributed by atoms with Crippen LogP contribution in [0.4, 0.5) is 0 Å². The summed E-state index contributed by atoms with van der Waals surface area (Å²) >= 11 is 6.16. The summed E-state index contributed by atoms with van der Waals surface area (Å²) in [5.74, 6) is 0.725. The Hall–Kier alpha value is 0.250. The van der Waals surface area contributed by atoms with Crippen molar-refractivity contribution in [3.8, 4) is 0 Å². The predicted octanol–water partition coefficient (Wildman–Crippen LogP) is 3.60. The third kappa shape index (κ3) is 4.33. The van der Waals surface area contributed by atoms with E-state index in [1.165, 1.54) is 32.1 Å². The third-order valence-corrected chi connectivity index (χ3v) is 3.42. The molecule has 1 fully saturated rings. The van der Waals surface area contributed by atoms with Gasteiger partial charge in [0.15, 0.2) is 0 Å². The maximum absolute atomic E-state index is 6.16. The molecule has 1 aliphatic rings. The summed E-state index contributed by atoms with van der Waals surface area (Å²) in [7, 11) is 0. The molecule has 13 heavy (non-hydrogen) atoms. The second-order valence-electron chi connectivity index (χ2n) is 3.96. The quantitative estimate of drug-likeness (QED) is 0.475. The first-order valence-corrected chi connectivity index (χ1v) is 6.00. The first kappa shape index (κ1) is 11.3. The van der Waals surface area contributed by atoms with Crippen LogP contribution in [0.25, 0.3) is 0 Å². The Balaban J connectivity index is 1.93. The van der Waals surface area contributed by atoms with Crippen LogP contribution in [0.15, 0.2) is 0 Å². The van der Waals surface area contributed by atoms with Crippen molar-refractivity contribution in [1.82, 2.24) is 0 Å². The zero-order valence-corrected chi connectivity index (χ0v) is 9.35. The van der Waals surface area contributed by atoms with E-state index in [9.17, 15) is 0 Å². The SMILES string of the molecule is CCCCOCCC1CCCC1Cl. The van der Waals surface area contributed by atoms with Gasteiger partial charge in [-0.1, -0.05) is 19.8 Å². The second-order valence-corrected chi connectivity index (χ2v) is 4.52. The van der Waals surface area contributed by atoms with Crippen LogP contribution in [0, 0.1) is 5.92 Å². The number of halogens is 1. The lowest BCUT2D eigenvalue weighted by Crippen LogP contribution is -2.10. The molecule has 0 bridgehead atoms. The number of unbranched alkanes of at least 4 members (excludes halogenated alkanes) is 1. The molecule has 2 unspecified atom stereocenters. The van der Waals surface area contributed by atoms with Crippen LogP contribution in [0.2, 0.25) is 0 Å². The second kappa shape index (κ2) is 6.67. The van der Waals surface area contributed by atoms with Crippen LogP contribution in [0.3, 0.4) is 0 Å². The number of hydrogen-bond donors (Lipinski definition) is 0. The highest BCUT2D eigenvalue weighted by Crippen LogP contribution is 2.32. The van der Waals surface area contributed by atoms with Crippen molar-refractivity contribution >= 4 is 11.6 Å². The van der Waals surface area contributed by atoms with Gasteiger partial charge in [-0.15, -0.1) is 11.6 Å². The molecule has 0 aromatic heterocycles. The van der Waals surface area contributed by atoms with Gasteiger partial charge < -0.3 is 4.74 Å². The summed E-state index contributed by atoms with van der Waals surface area (Å²) in [6.45, 7) is 4.03. The van der Waals surface area contributed by atoms with E-state index in [2.05, 4.69) is 6.92 Å². The van der Waals surface area contributed by atoms with Gasteiger partial charge >= 0.3 is 0 Å². The highest BCUT2D eigenvalue weighted by molar-refractivity contribution is 6.20. The van der Waals surface area contributed by atoms with Gasteiger partial charge in [-0.2, -0.15) is 0 Å². The molecule has 0 aliphatic heterocycles. The van der Waals surface area contributed by atoms with E-state index >= 15 is 0 Å². The Bertz CT molecular complexity index is 127. The summed E-state index contributed by atoms with van der Waals surface area (Å²) in [6.07, 6.45) is 7.41.